The van der Waals surface area contributed by atoms with Crippen LogP contribution in [0.1, 0.15) is 24.0 Å². The van der Waals surface area contributed by atoms with Gasteiger partial charge in [0.1, 0.15) is 6.61 Å². The van der Waals surface area contributed by atoms with Crippen LogP contribution in [-0.4, -0.2) is 32.3 Å². The molecule has 2 aromatic rings. The van der Waals surface area contributed by atoms with Crippen molar-refractivity contribution < 1.29 is 9.53 Å². The number of nitrogens with zero attached hydrogens (tertiary/aromatic N) is 1. The summed E-state index contributed by atoms with van der Waals surface area (Å²) in [6, 6.07) is 16.7. The Hall–Kier alpha value is -2.69. The van der Waals surface area contributed by atoms with E-state index in [4.69, 9.17) is 4.74 Å². The quantitative estimate of drug-likeness (QED) is 0.826. The molecule has 1 amide bonds. The van der Waals surface area contributed by atoms with Crippen LogP contribution in [0, 0.1) is 6.92 Å². The van der Waals surface area contributed by atoms with Crippen molar-refractivity contribution in [1.82, 2.24) is 5.32 Å². The standard InChI is InChI=1S/C21H27N3O2/c1-15-9-10-17(13-20(15)24(2)3)22-18-11-19(12-18)23-21(25)26-14-16-7-5-4-6-8-16/h4-10,13,18-19,22H,11-12,14H2,1-3H3,(H,23,25). The van der Waals surface area contributed by atoms with Crippen molar-refractivity contribution in [3.8, 4) is 0 Å². The van der Waals surface area contributed by atoms with Crippen LogP contribution < -0.4 is 15.5 Å². The molecule has 0 aromatic heterocycles. The first-order chi connectivity index (χ1) is 12.5. The Morgan fingerprint density at radius 2 is 1.85 bits per heavy atom. The Labute approximate surface area is 155 Å². The molecule has 0 heterocycles. The molecule has 0 aliphatic heterocycles. The summed E-state index contributed by atoms with van der Waals surface area (Å²) < 4.78 is 5.27. The van der Waals surface area contributed by atoms with Crippen LogP contribution in [0.2, 0.25) is 0 Å². The summed E-state index contributed by atoms with van der Waals surface area (Å²) in [6.45, 7) is 2.42. The normalized spacial score (nSPS) is 18.6. The smallest absolute Gasteiger partial charge is 0.407 e. The average molecular weight is 353 g/mol. The molecule has 0 atom stereocenters. The maximum Gasteiger partial charge on any atom is 0.407 e. The van der Waals surface area contributed by atoms with Gasteiger partial charge in [-0.05, 0) is 43.0 Å². The highest BCUT2D eigenvalue weighted by molar-refractivity contribution is 5.68. The highest BCUT2D eigenvalue weighted by Crippen LogP contribution is 2.28. The number of amides is 1. The third kappa shape index (κ3) is 4.69. The maximum atomic E-state index is 11.9. The van der Waals surface area contributed by atoms with Crippen LogP contribution in [0.4, 0.5) is 16.2 Å². The molecule has 0 unspecified atom stereocenters. The molecule has 5 heteroatoms. The summed E-state index contributed by atoms with van der Waals surface area (Å²) in [5.41, 5.74) is 4.59. The zero-order valence-corrected chi connectivity index (χ0v) is 15.7. The number of anilines is 2. The number of rotatable bonds is 6. The molecule has 2 N–H and O–H groups in total. The molecule has 1 fully saturated rings. The molecule has 5 nitrogen and oxygen atoms in total. The Morgan fingerprint density at radius 3 is 2.54 bits per heavy atom. The van der Waals surface area contributed by atoms with E-state index in [0.29, 0.717) is 12.6 Å². The number of hydrogen-bond acceptors (Lipinski definition) is 4. The average Bonchev–Trinajstić information content (AvgIpc) is 2.60. The first-order valence-corrected chi connectivity index (χ1v) is 9.03. The van der Waals surface area contributed by atoms with Gasteiger partial charge < -0.3 is 20.3 Å². The summed E-state index contributed by atoms with van der Waals surface area (Å²) in [7, 11) is 4.10. The fourth-order valence-electron chi connectivity index (χ4n) is 3.20. The number of hydrogen-bond donors (Lipinski definition) is 2. The minimum atomic E-state index is -0.345. The molecule has 138 valence electrons. The van der Waals surface area contributed by atoms with Gasteiger partial charge in [-0.3, -0.25) is 0 Å². The van der Waals surface area contributed by atoms with Crippen molar-refractivity contribution in [2.24, 2.45) is 0 Å². The number of ether oxygens (including phenoxy) is 1. The SMILES string of the molecule is Cc1ccc(NC2CC(NC(=O)OCc3ccccc3)C2)cc1N(C)C. The second-order valence-corrected chi connectivity index (χ2v) is 7.11. The molecule has 0 spiro atoms. The van der Waals surface area contributed by atoms with Crippen LogP contribution in [0.15, 0.2) is 48.5 Å². The second kappa shape index (κ2) is 8.13. The van der Waals surface area contributed by atoms with E-state index in [9.17, 15) is 4.79 Å². The van der Waals surface area contributed by atoms with Gasteiger partial charge >= 0.3 is 6.09 Å². The summed E-state index contributed by atoms with van der Waals surface area (Å²) in [5.74, 6) is 0. The lowest BCUT2D eigenvalue weighted by Gasteiger charge is -2.36. The summed E-state index contributed by atoms with van der Waals surface area (Å²) in [4.78, 5) is 14.0. The molecule has 0 radical (unpaired) electrons. The Kier molecular flexibility index (Phi) is 5.66. The van der Waals surface area contributed by atoms with E-state index in [1.807, 2.05) is 30.3 Å². The van der Waals surface area contributed by atoms with Gasteiger partial charge in [0.25, 0.3) is 0 Å². The molecule has 1 aliphatic carbocycles. The second-order valence-electron chi connectivity index (χ2n) is 7.11. The maximum absolute atomic E-state index is 11.9. The number of alkyl carbamates (subject to hydrolysis) is 1. The molecule has 1 aliphatic rings. The van der Waals surface area contributed by atoms with Crippen LogP contribution in [0.25, 0.3) is 0 Å². The van der Waals surface area contributed by atoms with Crippen molar-refractivity contribution in [2.45, 2.75) is 38.5 Å². The third-order valence-corrected chi connectivity index (χ3v) is 4.73. The number of benzene rings is 2. The van der Waals surface area contributed by atoms with Gasteiger partial charge in [0.2, 0.25) is 0 Å². The molecule has 1 saturated carbocycles. The predicted octanol–water partition coefficient (Wildman–Crippen LogP) is 3.93. The molecule has 0 saturated heterocycles. The van der Waals surface area contributed by atoms with Crippen LogP contribution in [-0.2, 0) is 11.3 Å². The fraction of sp³-hybridized carbons (Fsp3) is 0.381. The van der Waals surface area contributed by atoms with Crippen LogP contribution >= 0.6 is 0 Å². The molecular formula is C21H27N3O2. The van der Waals surface area contributed by atoms with E-state index >= 15 is 0 Å². The number of nitrogens with one attached hydrogen (secondary N) is 2. The molecule has 0 bridgehead atoms. The highest BCUT2D eigenvalue weighted by atomic mass is 16.5. The zero-order chi connectivity index (χ0) is 18.5. The molecule has 3 rings (SSSR count). The number of carbonyl (C=O) groups excluding carboxylic acids is 1. The van der Waals surface area contributed by atoms with Gasteiger partial charge in [0.15, 0.2) is 0 Å². The lowest BCUT2D eigenvalue weighted by atomic mass is 9.86. The minimum Gasteiger partial charge on any atom is -0.445 e. The van der Waals surface area contributed by atoms with Gasteiger partial charge in [0, 0.05) is 37.6 Å². The summed E-state index contributed by atoms with van der Waals surface area (Å²) in [5, 5.41) is 6.47. The Bertz CT molecular complexity index is 740. The molecular weight excluding hydrogens is 326 g/mol. The number of carbonyl (C=O) groups is 1. The zero-order valence-electron chi connectivity index (χ0n) is 15.7. The lowest BCUT2D eigenvalue weighted by Crippen LogP contribution is -2.49. The van der Waals surface area contributed by atoms with E-state index in [1.165, 1.54) is 11.3 Å². The predicted molar refractivity (Wildman–Crippen MR) is 106 cm³/mol. The summed E-state index contributed by atoms with van der Waals surface area (Å²) in [6.07, 6.45) is 1.47. The van der Waals surface area contributed by atoms with Crippen molar-refractivity contribution in [3.05, 3.63) is 59.7 Å². The van der Waals surface area contributed by atoms with Crippen LogP contribution in [0.5, 0.6) is 0 Å². The highest BCUT2D eigenvalue weighted by Gasteiger charge is 2.30. The van der Waals surface area contributed by atoms with E-state index in [0.717, 1.165) is 24.1 Å². The van der Waals surface area contributed by atoms with E-state index in [2.05, 4.69) is 54.8 Å². The van der Waals surface area contributed by atoms with Gasteiger partial charge in [-0.15, -0.1) is 0 Å². The van der Waals surface area contributed by atoms with Crippen LogP contribution in [0.3, 0.4) is 0 Å². The van der Waals surface area contributed by atoms with E-state index < -0.39 is 0 Å². The Balaban J connectivity index is 1.40. The van der Waals surface area contributed by atoms with Crippen molar-refractivity contribution >= 4 is 17.5 Å². The van der Waals surface area contributed by atoms with E-state index in [1.54, 1.807) is 0 Å². The summed E-state index contributed by atoms with van der Waals surface area (Å²) >= 11 is 0. The van der Waals surface area contributed by atoms with E-state index in [-0.39, 0.29) is 12.1 Å². The minimum absolute atomic E-state index is 0.176. The third-order valence-electron chi connectivity index (χ3n) is 4.73. The first-order valence-electron chi connectivity index (χ1n) is 9.03. The van der Waals surface area contributed by atoms with Gasteiger partial charge in [-0.2, -0.15) is 0 Å². The topological polar surface area (TPSA) is 53.6 Å². The fourth-order valence-corrected chi connectivity index (χ4v) is 3.20. The van der Waals surface area contributed by atoms with Crippen molar-refractivity contribution in [3.63, 3.8) is 0 Å². The first kappa shape index (κ1) is 18.1. The molecule has 2 aromatic carbocycles. The monoisotopic (exact) mass is 353 g/mol. The largest absolute Gasteiger partial charge is 0.445 e. The van der Waals surface area contributed by atoms with Gasteiger partial charge in [0.05, 0.1) is 0 Å². The van der Waals surface area contributed by atoms with Crippen molar-refractivity contribution in [2.75, 3.05) is 24.3 Å². The lowest BCUT2D eigenvalue weighted by molar-refractivity contribution is 0.129. The Morgan fingerprint density at radius 1 is 1.12 bits per heavy atom. The molecule has 26 heavy (non-hydrogen) atoms. The van der Waals surface area contributed by atoms with Crippen molar-refractivity contribution in [1.29, 1.82) is 0 Å². The van der Waals surface area contributed by atoms with Gasteiger partial charge in [-0.25, -0.2) is 4.79 Å². The van der Waals surface area contributed by atoms with Gasteiger partial charge in [-0.1, -0.05) is 36.4 Å². The number of aryl methyl sites for hydroxylation is 1.